The minimum atomic E-state index is -0.485. The molecule has 1 aromatic carbocycles. The van der Waals surface area contributed by atoms with Gasteiger partial charge in [-0.15, -0.1) is 11.6 Å². The Kier molecular flexibility index (Phi) is 8.21. The lowest BCUT2D eigenvalue weighted by Crippen LogP contribution is -2.31. The van der Waals surface area contributed by atoms with Gasteiger partial charge in [0.1, 0.15) is 11.1 Å². The van der Waals surface area contributed by atoms with Crippen LogP contribution in [0.3, 0.4) is 0 Å². The summed E-state index contributed by atoms with van der Waals surface area (Å²) in [6.45, 7) is 5.22. The van der Waals surface area contributed by atoms with E-state index in [0.29, 0.717) is 6.54 Å². The highest BCUT2D eigenvalue weighted by Gasteiger charge is 2.14. The number of nitrogens with zero attached hydrogens (tertiary/aromatic N) is 1. The van der Waals surface area contributed by atoms with E-state index in [2.05, 4.69) is 6.92 Å². The van der Waals surface area contributed by atoms with Crippen LogP contribution < -0.4 is 4.74 Å². The molecule has 1 unspecified atom stereocenters. The van der Waals surface area contributed by atoms with Gasteiger partial charge in [0, 0.05) is 13.6 Å². The number of hydrogen-bond acceptors (Lipinski definition) is 2. The van der Waals surface area contributed by atoms with E-state index in [1.54, 1.807) is 18.9 Å². The quantitative estimate of drug-likeness (QED) is 0.504. The zero-order valence-corrected chi connectivity index (χ0v) is 14.0. The van der Waals surface area contributed by atoms with Gasteiger partial charge in [-0.2, -0.15) is 0 Å². The molecular formula is C17H26ClNO2. The first kappa shape index (κ1) is 17.8. The summed E-state index contributed by atoms with van der Waals surface area (Å²) in [4.78, 5) is 13.3. The molecule has 0 spiro atoms. The number of benzene rings is 1. The Bertz CT molecular complexity index is 417. The van der Waals surface area contributed by atoms with Crippen LogP contribution in [-0.4, -0.2) is 29.8 Å². The van der Waals surface area contributed by atoms with Crippen LogP contribution in [0.4, 0.5) is 0 Å². The highest BCUT2D eigenvalue weighted by atomic mass is 35.5. The van der Waals surface area contributed by atoms with Crippen LogP contribution in [0.2, 0.25) is 0 Å². The fraction of sp³-hybridized carbons (Fsp3) is 0.588. The van der Waals surface area contributed by atoms with Crippen LogP contribution in [0, 0.1) is 0 Å². The maximum absolute atomic E-state index is 11.7. The molecular weight excluding hydrogens is 286 g/mol. The molecule has 1 amide bonds. The van der Waals surface area contributed by atoms with Crippen LogP contribution in [0.1, 0.15) is 45.1 Å². The molecule has 0 aliphatic rings. The standard InChI is InChI=1S/C17H26ClNO2/c1-4-5-6-7-12-21-16-10-8-15(9-11-16)13-19(3)17(20)14(2)18/h8-11,14H,4-7,12-13H2,1-3H3. The summed E-state index contributed by atoms with van der Waals surface area (Å²) in [6, 6.07) is 7.89. The number of alkyl halides is 1. The van der Waals surface area contributed by atoms with Gasteiger partial charge in [-0.1, -0.05) is 38.3 Å². The number of hydrogen-bond donors (Lipinski definition) is 0. The molecule has 0 bridgehead atoms. The Morgan fingerprint density at radius 2 is 1.90 bits per heavy atom. The summed E-state index contributed by atoms with van der Waals surface area (Å²) in [5.41, 5.74) is 1.07. The van der Waals surface area contributed by atoms with Crippen molar-refractivity contribution in [3.63, 3.8) is 0 Å². The van der Waals surface area contributed by atoms with Gasteiger partial charge in [0.05, 0.1) is 6.61 Å². The van der Waals surface area contributed by atoms with Crippen LogP contribution in [0.25, 0.3) is 0 Å². The largest absolute Gasteiger partial charge is 0.494 e. The zero-order valence-electron chi connectivity index (χ0n) is 13.3. The number of carbonyl (C=O) groups excluding carboxylic acids is 1. The van der Waals surface area contributed by atoms with Crippen LogP contribution in [0.5, 0.6) is 5.75 Å². The predicted octanol–water partition coefficient (Wildman–Crippen LogP) is 4.23. The number of unbranched alkanes of at least 4 members (excludes halogenated alkanes) is 3. The molecule has 0 fully saturated rings. The Labute approximate surface area is 133 Å². The Morgan fingerprint density at radius 1 is 1.24 bits per heavy atom. The summed E-state index contributed by atoms with van der Waals surface area (Å²) in [7, 11) is 1.76. The van der Waals surface area contributed by atoms with Crippen molar-refractivity contribution in [2.45, 2.75) is 51.5 Å². The third-order valence-corrected chi connectivity index (χ3v) is 3.51. The maximum Gasteiger partial charge on any atom is 0.240 e. The summed E-state index contributed by atoms with van der Waals surface area (Å²) < 4.78 is 5.70. The molecule has 1 aromatic rings. The van der Waals surface area contributed by atoms with Crippen molar-refractivity contribution < 1.29 is 9.53 Å². The van der Waals surface area contributed by atoms with Crippen molar-refractivity contribution in [3.8, 4) is 5.75 Å². The van der Waals surface area contributed by atoms with Crippen molar-refractivity contribution in [3.05, 3.63) is 29.8 Å². The number of amides is 1. The molecule has 21 heavy (non-hydrogen) atoms. The predicted molar refractivity (Wildman–Crippen MR) is 87.9 cm³/mol. The molecule has 1 atom stereocenters. The smallest absolute Gasteiger partial charge is 0.240 e. The average Bonchev–Trinajstić information content (AvgIpc) is 2.47. The SMILES string of the molecule is CCCCCCOc1ccc(CN(C)C(=O)C(C)Cl)cc1. The molecule has 4 heteroatoms. The number of halogens is 1. The molecule has 0 saturated carbocycles. The second-order valence-corrected chi connectivity index (χ2v) is 6.02. The van der Waals surface area contributed by atoms with Crippen molar-refractivity contribution in [1.82, 2.24) is 4.90 Å². The van der Waals surface area contributed by atoms with Crippen molar-refractivity contribution in [1.29, 1.82) is 0 Å². The van der Waals surface area contributed by atoms with Crippen molar-refractivity contribution in [2.75, 3.05) is 13.7 Å². The summed E-state index contributed by atoms with van der Waals surface area (Å²) in [5, 5.41) is -0.485. The van der Waals surface area contributed by atoms with Gasteiger partial charge < -0.3 is 9.64 Å². The van der Waals surface area contributed by atoms with E-state index in [0.717, 1.165) is 24.3 Å². The second kappa shape index (κ2) is 9.67. The van der Waals surface area contributed by atoms with Crippen LogP contribution in [0.15, 0.2) is 24.3 Å². The minimum Gasteiger partial charge on any atom is -0.494 e. The average molecular weight is 312 g/mol. The Hall–Kier alpha value is -1.22. The lowest BCUT2D eigenvalue weighted by molar-refractivity contribution is -0.129. The second-order valence-electron chi connectivity index (χ2n) is 5.36. The summed E-state index contributed by atoms with van der Waals surface area (Å²) in [6.07, 6.45) is 4.82. The molecule has 0 radical (unpaired) electrons. The molecule has 118 valence electrons. The minimum absolute atomic E-state index is 0.0621. The van der Waals surface area contributed by atoms with Gasteiger partial charge in [-0.25, -0.2) is 0 Å². The molecule has 0 saturated heterocycles. The third kappa shape index (κ3) is 6.85. The molecule has 0 aliphatic heterocycles. The Balaban J connectivity index is 2.38. The van der Waals surface area contributed by atoms with E-state index in [4.69, 9.17) is 16.3 Å². The fourth-order valence-corrected chi connectivity index (χ4v) is 2.23. The van der Waals surface area contributed by atoms with Gasteiger partial charge in [0.25, 0.3) is 0 Å². The molecule has 3 nitrogen and oxygen atoms in total. The topological polar surface area (TPSA) is 29.5 Å². The van der Waals surface area contributed by atoms with Gasteiger partial charge in [0.2, 0.25) is 5.91 Å². The number of rotatable bonds is 9. The highest BCUT2D eigenvalue weighted by molar-refractivity contribution is 6.30. The molecule has 0 aliphatic carbocycles. The van der Waals surface area contributed by atoms with Gasteiger partial charge >= 0.3 is 0 Å². The van der Waals surface area contributed by atoms with E-state index in [-0.39, 0.29) is 5.91 Å². The number of carbonyl (C=O) groups is 1. The van der Waals surface area contributed by atoms with Crippen molar-refractivity contribution in [2.24, 2.45) is 0 Å². The lowest BCUT2D eigenvalue weighted by atomic mass is 10.2. The lowest BCUT2D eigenvalue weighted by Gasteiger charge is -2.18. The van der Waals surface area contributed by atoms with E-state index in [1.807, 2.05) is 24.3 Å². The fourth-order valence-electron chi connectivity index (χ4n) is 2.07. The molecule has 0 N–H and O–H groups in total. The Morgan fingerprint density at radius 3 is 2.48 bits per heavy atom. The molecule has 0 aromatic heterocycles. The highest BCUT2D eigenvalue weighted by Crippen LogP contribution is 2.15. The summed E-state index contributed by atoms with van der Waals surface area (Å²) >= 11 is 5.80. The van der Waals surface area contributed by atoms with Crippen LogP contribution >= 0.6 is 11.6 Å². The first-order chi connectivity index (χ1) is 10.0. The van der Waals surface area contributed by atoms with Gasteiger partial charge in [-0.05, 0) is 31.0 Å². The summed E-state index contributed by atoms with van der Waals surface area (Å²) in [5.74, 6) is 0.822. The van der Waals surface area contributed by atoms with E-state index >= 15 is 0 Å². The zero-order chi connectivity index (χ0) is 15.7. The number of ether oxygens (including phenoxy) is 1. The van der Waals surface area contributed by atoms with Crippen molar-refractivity contribution >= 4 is 17.5 Å². The normalized spacial score (nSPS) is 12.0. The van der Waals surface area contributed by atoms with E-state index < -0.39 is 5.38 Å². The maximum atomic E-state index is 11.7. The molecule has 1 rings (SSSR count). The van der Waals surface area contributed by atoms with E-state index in [9.17, 15) is 4.79 Å². The first-order valence-electron chi connectivity index (χ1n) is 7.65. The monoisotopic (exact) mass is 311 g/mol. The van der Waals surface area contributed by atoms with Crippen LogP contribution in [-0.2, 0) is 11.3 Å². The third-order valence-electron chi connectivity index (χ3n) is 3.33. The van der Waals surface area contributed by atoms with E-state index in [1.165, 1.54) is 19.3 Å². The van der Waals surface area contributed by atoms with Gasteiger partial charge in [-0.3, -0.25) is 4.79 Å². The van der Waals surface area contributed by atoms with Gasteiger partial charge in [0.15, 0.2) is 0 Å². The first-order valence-corrected chi connectivity index (χ1v) is 8.09. The molecule has 0 heterocycles.